The van der Waals surface area contributed by atoms with Crippen LogP contribution in [0.25, 0.3) is 0 Å². The first-order valence-corrected chi connectivity index (χ1v) is 8.94. The molecule has 1 heterocycles. The topological polar surface area (TPSA) is 52.9 Å². The van der Waals surface area contributed by atoms with Gasteiger partial charge in [0.05, 0.1) is 18.8 Å². The van der Waals surface area contributed by atoms with Crippen LogP contribution >= 0.6 is 0 Å². The van der Waals surface area contributed by atoms with Crippen molar-refractivity contribution in [2.45, 2.75) is 31.7 Å². The third kappa shape index (κ3) is 4.89. The fraction of sp³-hybridized carbons (Fsp3) is 0.429. The molecule has 3 rings (SSSR count). The maximum absolute atomic E-state index is 10.4. The van der Waals surface area contributed by atoms with Crippen LogP contribution in [0.5, 0.6) is 0 Å². The Morgan fingerprint density at radius 3 is 2.52 bits per heavy atom. The van der Waals surface area contributed by atoms with Gasteiger partial charge in [-0.15, -0.1) is 0 Å². The zero-order valence-corrected chi connectivity index (χ0v) is 14.7. The highest BCUT2D eigenvalue weighted by Gasteiger charge is 2.23. The van der Waals surface area contributed by atoms with Gasteiger partial charge in [0.25, 0.3) is 0 Å². The zero-order chi connectivity index (χ0) is 17.6. The number of hydrogen-bond donors (Lipinski definition) is 2. The molecule has 0 saturated carbocycles. The van der Waals surface area contributed by atoms with Crippen LogP contribution in [0.3, 0.4) is 0 Å². The highest BCUT2D eigenvalue weighted by atomic mass is 16.5. The fourth-order valence-corrected chi connectivity index (χ4v) is 3.41. The average Bonchev–Trinajstić information content (AvgIpc) is 3.02. The van der Waals surface area contributed by atoms with Crippen molar-refractivity contribution in [1.29, 1.82) is 0 Å². The van der Waals surface area contributed by atoms with Gasteiger partial charge in [-0.1, -0.05) is 54.6 Å². The Kier molecular flexibility index (Phi) is 6.21. The molecule has 1 fully saturated rings. The van der Waals surface area contributed by atoms with Crippen molar-refractivity contribution in [3.63, 3.8) is 0 Å². The summed E-state index contributed by atoms with van der Waals surface area (Å²) >= 11 is 0. The summed E-state index contributed by atoms with van der Waals surface area (Å²) in [5.41, 5.74) is 3.38. The van der Waals surface area contributed by atoms with E-state index in [1.165, 1.54) is 5.56 Å². The molecule has 4 nitrogen and oxygen atoms in total. The SMILES string of the molecule is Cc1ccccc1C(OCC(O)CN1CC[C@H](O)C1)c1ccccc1. The minimum atomic E-state index is -0.569. The van der Waals surface area contributed by atoms with Crippen LogP contribution in [-0.2, 0) is 4.74 Å². The van der Waals surface area contributed by atoms with Crippen LogP contribution in [0.1, 0.15) is 29.2 Å². The third-order valence-corrected chi connectivity index (χ3v) is 4.74. The van der Waals surface area contributed by atoms with Crippen molar-refractivity contribution in [1.82, 2.24) is 4.90 Å². The fourth-order valence-electron chi connectivity index (χ4n) is 3.41. The molecule has 0 amide bonds. The Hall–Kier alpha value is -1.72. The average molecular weight is 341 g/mol. The lowest BCUT2D eigenvalue weighted by molar-refractivity contribution is -0.00704. The van der Waals surface area contributed by atoms with E-state index in [1.807, 2.05) is 30.3 Å². The van der Waals surface area contributed by atoms with Crippen molar-refractivity contribution in [3.05, 3.63) is 71.3 Å². The number of nitrogens with zero attached hydrogens (tertiary/aromatic N) is 1. The second-order valence-electron chi connectivity index (χ2n) is 6.84. The quantitative estimate of drug-likeness (QED) is 0.813. The van der Waals surface area contributed by atoms with Crippen molar-refractivity contribution in [2.24, 2.45) is 0 Å². The molecule has 0 aromatic heterocycles. The molecular weight excluding hydrogens is 314 g/mol. The number of likely N-dealkylation sites (tertiary alicyclic amines) is 1. The van der Waals surface area contributed by atoms with Gasteiger partial charge in [-0.2, -0.15) is 0 Å². The van der Waals surface area contributed by atoms with E-state index in [1.54, 1.807) is 0 Å². The molecule has 1 aliphatic rings. The molecule has 0 bridgehead atoms. The van der Waals surface area contributed by atoms with E-state index in [9.17, 15) is 10.2 Å². The smallest absolute Gasteiger partial charge is 0.108 e. The first kappa shape index (κ1) is 18.1. The van der Waals surface area contributed by atoms with E-state index in [-0.39, 0.29) is 18.8 Å². The first-order valence-electron chi connectivity index (χ1n) is 8.94. The maximum atomic E-state index is 10.4. The second-order valence-corrected chi connectivity index (χ2v) is 6.84. The van der Waals surface area contributed by atoms with Crippen molar-refractivity contribution < 1.29 is 14.9 Å². The molecule has 0 spiro atoms. The molecular formula is C21H27NO3. The minimum Gasteiger partial charge on any atom is -0.392 e. The van der Waals surface area contributed by atoms with Crippen LogP contribution in [0.15, 0.2) is 54.6 Å². The Morgan fingerprint density at radius 1 is 1.12 bits per heavy atom. The van der Waals surface area contributed by atoms with Crippen molar-refractivity contribution >= 4 is 0 Å². The van der Waals surface area contributed by atoms with Crippen LogP contribution in [0, 0.1) is 6.92 Å². The van der Waals surface area contributed by atoms with E-state index in [0.29, 0.717) is 13.1 Å². The van der Waals surface area contributed by atoms with Gasteiger partial charge >= 0.3 is 0 Å². The lowest BCUT2D eigenvalue weighted by Gasteiger charge is -2.24. The summed E-state index contributed by atoms with van der Waals surface area (Å²) in [7, 11) is 0. The number of ether oxygens (including phenoxy) is 1. The van der Waals surface area contributed by atoms with Crippen molar-refractivity contribution in [3.8, 4) is 0 Å². The molecule has 2 unspecified atom stereocenters. The summed E-state index contributed by atoms with van der Waals surface area (Å²) in [6.45, 7) is 4.35. The summed E-state index contributed by atoms with van der Waals surface area (Å²) in [4.78, 5) is 2.09. The number of benzene rings is 2. The number of aryl methyl sites for hydroxylation is 1. The summed E-state index contributed by atoms with van der Waals surface area (Å²) in [5.74, 6) is 0. The Labute approximate surface area is 149 Å². The number of aliphatic hydroxyl groups excluding tert-OH is 2. The molecule has 2 aromatic rings. The molecule has 4 heteroatoms. The highest BCUT2D eigenvalue weighted by Crippen LogP contribution is 2.28. The maximum Gasteiger partial charge on any atom is 0.108 e. The van der Waals surface area contributed by atoms with Crippen molar-refractivity contribution in [2.75, 3.05) is 26.2 Å². The number of hydrogen-bond acceptors (Lipinski definition) is 4. The molecule has 0 aliphatic carbocycles. The van der Waals surface area contributed by atoms with Gasteiger partial charge in [0.2, 0.25) is 0 Å². The van der Waals surface area contributed by atoms with Gasteiger partial charge in [-0.05, 0) is 30.0 Å². The monoisotopic (exact) mass is 341 g/mol. The van der Waals surface area contributed by atoms with E-state index in [0.717, 1.165) is 24.1 Å². The first-order chi connectivity index (χ1) is 12.1. The van der Waals surface area contributed by atoms with E-state index in [2.05, 4.69) is 36.1 Å². The molecule has 1 aliphatic heterocycles. The molecule has 2 N–H and O–H groups in total. The van der Waals surface area contributed by atoms with E-state index in [4.69, 9.17) is 4.74 Å². The van der Waals surface area contributed by atoms with E-state index >= 15 is 0 Å². The summed E-state index contributed by atoms with van der Waals surface area (Å²) in [6.07, 6.45) is -0.248. The standard InChI is InChI=1S/C21H27NO3/c1-16-7-5-6-10-20(16)21(17-8-3-2-4-9-17)25-15-19(24)14-22-12-11-18(23)13-22/h2-10,18-19,21,23-24H,11-15H2,1H3/t18-,19?,21?/m0/s1. The minimum absolute atomic E-state index is 0.193. The van der Waals surface area contributed by atoms with Gasteiger partial charge < -0.3 is 14.9 Å². The van der Waals surface area contributed by atoms with Crippen LogP contribution in [0.2, 0.25) is 0 Å². The van der Waals surface area contributed by atoms with Gasteiger partial charge in [0, 0.05) is 19.6 Å². The molecule has 0 radical (unpaired) electrons. The summed E-state index contributed by atoms with van der Waals surface area (Å²) in [6, 6.07) is 18.3. The molecule has 134 valence electrons. The predicted molar refractivity (Wildman–Crippen MR) is 98.5 cm³/mol. The molecule has 1 saturated heterocycles. The number of β-amino-alcohol motifs (C(OH)–C–C–N with tert-alkyl or cyclic N) is 2. The van der Waals surface area contributed by atoms with Gasteiger partial charge in [-0.3, -0.25) is 4.90 Å². The number of aliphatic hydroxyl groups is 2. The summed E-state index contributed by atoms with van der Waals surface area (Å²) < 4.78 is 6.15. The zero-order valence-electron chi connectivity index (χ0n) is 14.7. The number of rotatable bonds is 7. The Bertz CT molecular complexity index is 661. The molecule has 3 atom stereocenters. The normalized spacial score (nSPS) is 20.5. The van der Waals surface area contributed by atoms with Crippen LogP contribution in [0.4, 0.5) is 0 Å². The van der Waals surface area contributed by atoms with Gasteiger partial charge in [0.15, 0.2) is 0 Å². The van der Waals surface area contributed by atoms with E-state index < -0.39 is 6.10 Å². The predicted octanol–water partition coefficient (Wildman–Crippen LogP) is 2.53. The van der Waals surface area contributed by atoms with Gasteiger partial charge in [0.1, 0.15) is 6.10 Å². The Balaban J connectivity index is 1.67. The highest BCUT2D eigenvalue weighted by molar-refractivity contribution is 5.35. The van der Waals surface area contributed by atoms with Crippen LogP contribution < -0.4 is 0 Å². The van der Waals surface area contributed by atoms with Crippen LogP contribution in [-0.4, -0.2) is 53.6 Å². The largest absolute Gasteiger partial charge is 0.392 e. The lowest BCUT2D eigenvalue weighted by atomic mass is 9.97. The second kappa shape index (κ2) is 8.59. The molecule has 2 aromatic carbocycles. The summed E-state index contributed by atoms with van der Waals surface area (Å²) in [5, 5.41) is 20.0. The van der Waals surface area contributed by atoms with Gasteiger partial charge in [-0.25, -0.2) is 0 Å². The molecule has 25 heavy (non-hydrogen) atoms. The lowest BCUT2D eigenvalue weighted by Crippen LogP contribution is -2.34. The third-order valence-electron chi connectivity index (χ3n) is 4.74. The Morgan fingerprint density at radius 2 is 1.84 bits per heavy atom.